The van der Waals surface area contributed by atoms with Crippen molar-refractivity contribution in [2.24, 2.45) is 0 Å². The molecule has 0 fully saturated rings. The molecule has 0 bridgehead atoms. The van der Waals surface area contributed by atoms with Gasteiger partial charge in [0.25, 0.3) is 0 Å². The quantitative estimate of drug-likeness (QED) is 0.817. The third kappa shape index (κ3) is 4.08. The molecule has 0 unspecified atom stereocenters. The van der Waals surface area contributed by atoms with Gasteiger partial charge in [0.2, 0.25) is 10.0 Å². The van der Waals surface area contributed by atoms with Crippen LogP contribution in [-0.2, 0) is 23.1 Å². The molecule has 0 aliphatic carbocycles. The summed E-state index contributed by atoms with van der Waals surface area (Å²) in [5.74, 6) is 0. The predicted octanol–water partition coefficient (Wildman–Crippen LogP) is 1.79. The number of nitrogens with one attached hydrogen (secondary N) is 2. The van der Waals surface area contributed by atoms with Gasteiger partial charge in [0.1, 0.15) is 4.21 Å². The summed E-state index contributed by atoms with van der Waals surface area (Å²) in [5, 5.41) is 5.03. The van der Waals surface area contributed by atoms with Crippen LogP contribution in [0.3, 0.4) is 0 Å². The summed E-state index contributed by atoms with van der Waals surface area (Å²) in [7, 11) is -3.42. The van der Waals surface area contributed by atoms with Crippen molar-refractivity contribution in [3.8, 4) is 0 Å². The first kappa shape index (κ1) is 14.6. The van der Waals surface area contributed by atoms with E-state index >= 15 is 0 Å². The SMILES string of the molecule is CCNCc1csc(S(=O)(=O)NCc2cncs2)c1. The van der Waals surface area contributed by atoms with E-state index in [0.29, 0.717) is 10.8 Å². The van der Waals surface area contributed by atoms with E-state index in [2.05, 4.69) is 15.0 Å². The topological polar surface area (TPSA) is 71.1 Å². The number of thiophene rings is 1. The zero-order valence-electron chi connectivity index (χ0n) is 10.4. The molecule has 0 radical (unpaired) electrons. The zero-order valence-corrected chi connectivity index (χ0v) is 12.9. The minimum Gasteiger partial charge on any atom is -0.313 e. The maximum Gasteiger partial charge on any atom is 0.250 e. The van der Waals surface area contributed by atoms with Crippen LogP contribution in [0.15, 0.2) is 27.4 Å². The van der Waals surface area contributed by atoms with E-state index in [4.69, 9.17) is 0 Å². The van der Waals surface area contributed by atoms with Gasteiger partial charge in [-0.3, -0.25) is 4.98 Å². The molecule has 2 heterocycles. The number of hydrogen-bond acceptors (Lipinski definition) is 6. The number of thiazole rings is 1. The van der Waals surface area contributed by atoms with Crippen molar-refractivity contribution in [1.82, 2.24) is 15.0 Å². The van der Waals surface area contributed by atoms with Crippen molar-refractivity contribution in [3.05, 3.63) is 33.6 Å². The summed E-state index contributed by atoms with van der Waals surface area (Å²) in [4.78, 5) is 4.81. The Morgan fingerprint density at radius 3 is 2.84 bits per heavy atom. The van der Waals surface area contributed by atoms with Gasteiger partial charge in [-0.25, -0.2) is 13.1 Å². The highest BCUT2D eigenvalue weighted by Crippen LogP contribution is 2.20. The molecule has 0 atom stereocenters. The van der Waals surface area contributed by atoms with Gasteiger partial charge in [-0.1, -0.05) is 6.92 Å². The minimum atomic E-state index is -3.42. The molecule has 2 rings (SSSR count). The van der Waals surface area contributed by atoms with Crippen molar-refractivity contribution < 1.29 is 8.42 Å². The number of sulfonamides is 1. The second kappa shape index (κ2) is 6.58. The second-order valence-electron chi connectivity index (χ2n) is 3.85. The van der Waals surface area contributed by atoms with E-state index in [1.165, 1.54) is 22.7 Å². The van der Waals surface area contributed by atoms with Gasteiger partial charge in [0, 0.05) is 24.2 Å². The molecule has 2 aromatic heterocycles. The van der Waals surface area contributed by atoms with E-state index in [-0.39, 0.29) is 6.54 Å². The van der Waals surface area contributed by atoms with Crippen LogP contribution in [-0.4, -0.2) is 19.9 Å². The second-order valence-corrected chi connectivity index (χ2v) is 7.72. The van der Waals surface area contributed by atoms with E-state index in [0.717, 1.165) is 17.0 Å². The molecule has 2 N–H and O–H groups in total. The first-order chi connectivity index (χ1) is 9.12. The Labute approximate surface area is 120 Å². The Bertz CT molecular complexity index is 605. The van der Waals surface area contributed by atoms with Gasteiger partial charge < -0.3 is 5.32 Å². The Morgan fingerprint density at radius 2 is 2.16 bits per heavy atom. The van der Waals surface area contributed by atoms with Crippen molar-refractivity contribution in [1.29, 1.82) is 0 Å². The van der Waals surface area contributed by atoms with Crippen LogP contribution in [0.25, 0.3) is 0 Å². The fourth-order valence-electron chi connectivity index (χ4n) is 1.42. The molecule has 5 nitrogen and oxygen atoms in total. The molecule has 0 saturated heterocycles. The molecule has 0 aliphatic heterocycles. The molecule has 2 aromatic rings. The highest BCUT2D eigenvalue weighted by Gasteiger charge is 2.16. The van der Waals surface area contributed by atoms with Gasteiger partial charge in [-0.05, 0) is 23.6 Å². The monoisotopic (exact) mass is 317 g/mol. The maximum atomic E-state index is 12.1. The third-order valence-corrected chi connectivity index (χ3v) is 6.06. The van der Waals surface area contributed by atoms with Crippen LogP contribution in [0.1, 0.15) is 17.4 Å². The van der Waals surface area contributed by atoms with Crippen LogP contribution < -0.4 is 10.0 Å². The summed E-state index contributed by atoms with van der Waals surface area (Å²) in [6.45, 7) is 3.85. The summed E-state index contributed by atoms with van der Waals surface area (Å²) in [6.07, 6.45) is 1.66. The predicted molar refractivity (Wildman–Crippen MR) is 77.8 cm³/mol. The van der Waals surface area contributed by atoms with Crippen LogP contribution >= 0.6 is 22.7 Å². The van der Waals surface area contributed by atoms with Crippen molar-refractivity contribution >= 4 is 32.7 Å². The molecule has 19 heavy (non-hydrogen) atoms. The Balaban J connectivity index is 2.00. The third-order valence-electron chi connectivity index (χ3n) is 2.39. The molecule has 0 aliphatic rings. The number of aromatic nitrogens is 1. The minimum absolute atomic E-state index is 0.285. The smallest absolute Gasteiger partial charge is 0.250 e. The average molecular weight is 317 g/mol. The first-order valence-corrected chi connectivity index (χ1v) is 9.01. The number of hydrogen-bond donors (Lipinski definition) is 2. The fourth-order valence-corrected chi connectivity index (χ4v) is 4.31. The van der Waals surface area contributed by atoms with E-state index in [1.54, 1.807) is 17.8 Å². The molecular weight excluding hydrogens is 302 g/mol. The fraction of sp³-hybridized carbons (Fsp3) is 0.364. The van der Waals surface area contributed by atoms with Crippen LogP contribution in [0.2, 0.25) is 0 Å². The molecule has 0 saturated carbocycles. The van der Waals surface area contributed by atoms with E-state index in [9.17, 15) is 8.42 Å². The van der Waals surface area contributed by atoms with Crippen molar-refractivity contribution in [2.45, 2.75) is 24.2 Å². The normalized spacial score (nSPS) is 11.8. The summed E-state index contributed by atoms with van der Waals surface area (Å²) >= 11 is 2.67. The lowest BCUT2D eigenvalue weighted by Crippen LogP contribution is -2.21. The zero-order chi connectivity index (χ0) is 13.7. The highest BCUT2D eigenvalue weighted by molar-refractivity contribution is 7.91. The van der Waals surface area contributed by atoms with Crippen LogP contribution in [0.5, 0.6) is 0 Å². The molecular formula is C11H15N3O2S3. The lowest BCUT2D eigenvalue weighted by atomic mass is 10.3. The summed E-state index contributed by atoms with van der Waals surface area (Å²) in [6, 6.07) is 1.71. The molecule has 8 heteroatoms. The molecule has 0 spiro atoms. The van der Waals surface area contributed by atoms with Crippen LogP contribution in [0, 0.1) is 0 Å². The number of nitrogens with zero attached hydrogens (tertiary/aromatic N) is 1. The van der Waals surface area contributed by atoms with Gasteiger partial charge in [-0.2, -0.15) is 0 Å². The number of rotatable bonds is 7. The molecule has 0 amide bonds. The highest BCUT2D eigenvalue weighted by atomic mass is 32.2. The van der Waals surface area contributed by atoms with Gasteiger partial charge >= 0.3 is 0 Å². The van der Waals surface area contributed by atoms with Crippen molar-refractivity contribution in [2.75, 3.05) is 6.54 Å². The Morgan fingerprint density at radius 1 is 1.32 bits per heavy atom. The standard InChI is InChI=1S/C11H15N3O2S3/c1-2-12-4-9-3-11(17-7-9)19(15,16)14-6-10-5-13-8-18-10/h3,5,7-8,12,14H,2,4,6H2,1H3. The van der Waals surface area contributed by atoms with Gasteiger partial charge in [-0.15, -0.1) is 22.7 Å². The average Bonchev–Trinajstić information content (AvgIpc) is 3.05. The van der Waals surface area contributed by atoms with Crippen LogP contribution in [0.4, 0.5) is 0 Å². The van der Waals surface area contributed by atoms with Crippen molar-refractivity contribution in [3.63, 3.8) is 0 Å². The van der Waals surface area contributed by atoms with Gasteiger partial charge in [0.05, 0.1) is 5.51 Å². The first-order valence-electron chi connectivity index (χ1n) is 5.77. The lowest BCUT2D eigenvalue weighted by molar-refractivity contribution is 0.584. The largest absolute Gasteiger partial charge is 0.313 e. The molecule has 0 aromatic carbocycles. The molecule has 104 valence electrons. The Kier molecular flexibility index (Phi) is 5.06. The summed E-state index contributed by atoms with van der Waals surface area (Å²) in [5.41, 5.74) is 2.67. The van der Waals surface area contributed by atoms with Gasteiger partial charge in [0.15, 0.2) is 0 Å². The maximum absolute atomic E-state index is 12.1. The Hall–Kier alpha value is -0.800. The summed E-state index contributed by atoms with van der Waals surface area (Å²) < 4.78 is 27.1. The van der Waals surface area contributed by atoms with E-state index in [1.807, 2.05) is 12.3 Å². The van der Waals surface area contributed by atoms with E-state index < -0.39 is 10.0 Å². The lowest BCUT2D eigenvalue weighted by Gasteiger charge is -2.02.